The Bertz CT molecular complexity index is 812. The minimum Gasteiger partial charge on any atom is -0.481 e. The molecule has 3 unspecified atom stereocenters. The fraction of sp³-hybridized carbons (Fsp3) is 0.783. The van der Waals surface area contributed by atoms with E-state index in [4.69, 9.17) is 4.74 Å². The first-order valence-electron chi connectivity index (χ1n) is 12.0. The first-order chi connectivity index (χ1) is 16.4. The van der Waals surface area contributed by atoms with Crippen molar-refractivity contribution in [3.8, 4) is 0 Å². The summed E-state index contributed by atoms with van der Waals surface area (Å²) in [6.07, 6.45) is 3.37. The molecule has 11 heteroatoms. The van der Waals surface area contributed by atoms with Gasteiger partial charge in [-0.1, -0.05) is 22.0 Å². The summed E-state index contributed by atoms with van der Waals surface area (Å²) in [4.78, 5) is 45.6. The van der Waals surface area contributed by atoms with Crippen LogP contribution in [0.2, 0.25) is 0 Å². The first-order valence-corrected chi connectivity index (χ1v) is 13.8. The number of nitrogens with zero attached hydrogens (tertiary/aromatic N) is 3. The summed E-state index contributed by atoms with van der Waals surface area (Å²) in [6, 6.07) is -0.715. The van der Waals surface area contributed by atoms with Gasteiger partial charge in [-0.3, -0.25) is 19.3 Å². The van der Waals surface area contributed by atoms with Gasteiger partial charge in [0.05, 0.1) is 29.8 Å². The molecule has 6 atom stereocenters. The lowest BCUT2D eigenvalue weighted by atomic mass is 9.71. The van der Waals surface area contributed by atoms with E-state index in [1.165, 1.54) is 11.8 Å². The standard InChI is InChI=1S/C23H34BrN3O6S/c1-2-5-26(8-7-25-9-12-33-13-10-25)21(30)19-23-14-15(24)18(34-23)16(22(31)32)17(23)20(29)27(19)6-3-4-11-28/h2,15-19,28H,1,3-14H2,(H,31,32)/t15?,16-,17+,18-,19?,23?/m1/s1. The highest BCUT2D eigenvalue weighted by Gasteiger charge is 2.75. The number of carbonyl (C=O) groups is 3. The van der Waals surface area contributed by atoms with Gasteiger partial charge in [-0.15, -0.1) is 18.3 Å². The van der Waals surface area contributed by atoms with Gasteiger partial charge in [0.15, 0.2) is 0 Å². The lowest BCUT2D eigenvalue weighted by molar-refractivity contribution is -0.148. The molecule has 4 heterocycles. The van der Waals surface area contributed by atoms with Crippen LogP contribution in [0.15, 0.2) is 12.7 Å². The second kappa shape index (κ2) is 10.9. The van der Waals surface area contributed by atoms with Gasteiger partial charge in [0.2, 0.25) is 11.8 Å². The first kappa shape index (κ1) is 25.9. The van der Waals surface area contributed by atoms with Gasteiger partial charge in [-0.05, 0) is 19.3 Å². The third-order valence-corrected chi connectivity index (χ3v) is 10.8. The number of likely N-dealkylation sites (tertiary alicyclic amines) is 1. The van der Waals surface area contributed by atoms with Crippen LogP contribution in [0.25, 0.3) is 0 Å². The van der Waals surface area contributed by atoms with E-state index in [-0.39, 0.29) is 28.5 Å². The van der Waals surface area contributed by atoms with Crippen LogP contribution in [0.5, 0.6) is 0 Å². The normalized spacial score (nSPS) is 34.9. The molecule has 1 spiro atoms. The topological polar surface area (TPSA) is 111 Å². The monoisotopic (exact) mass is 559 g/mol. The number of aliphatic hydroxyl groups excluding tert-OH is 1. The maximum absolute atomic E-state index is 14.1. The molecule has 0 aromatic rings. The Labute approximate surface area is 213 Å². The lowest BCUT2D eigenvalue weighted by Gasteiger charge is -2.38. The molecule has 34 heavy (non-hydrogen) atoms. The van der Waals surface area contributed by atoms with Crippen molar-refractivity contribution in [2.24, 2.45) is 11.8 Å². The van der Waals surface area contributed by atoms with Gasteiger partial charge in [0.1, 0.15) is 6.04 Å². The lowest BCUT2D eigenvalue weighted by Crippen LogP contribution is -2.56. The number of morpholine rings is 1. The number of carboxylic acids is 1. The number of aliphatic hydroxyl groups is 1. The van der Waals surface area contributed by atoms with Crippen LogP contribution < -0.4 is 0 Å². The number of aliphatic carboxylic acids is 1. The zero-order valence-corrected chi connectivity index (χ0v) is 21.7. The number of hydrogen-bond donors (Lipinski definition) is 2. The predicted octanol–water partition coefficient (Wildman–Crippen LogP) is 0.655. The molecule has 0 saturated carbocycles. The number of rotatable bonds is 11. The average Bonchev–Trinajstić information content (AvgIpc) is 3.41. The van der Waals surface area contributed by atoms with Crippen molar-refractivity contribution in [1.29, 1.82) is 0 Å². The molecule has 0 radical (unpaired) electrons. The van der Waals surface area contributed by atoms with E-state index in [1.807, 2.05) is 0 Å². The van der Waals surface area contributed by atoms with Crippen LogP contribution in [0.4, 0.5) is 0 Å². The Morgan fingerprint density at radius 1 is 1.29 bits per heavy atom. The summed E-state index contributed by atoms with van der Waals surface area (Å²) >= 11 is 5.18. The van der Waals surface area contributed by atoms with E-state index in [0.29, 0.717) is 58.7 Å². The van der Waals surface area contributed by atoms with E-state index in [0.717, 1.165) is 13.1 Å². The number of carbonyl (C=O) groups excluding carboxylic acids is 2. The number of amides is 2. The second-order valence-electron chi connectivity index (χ2n) is 9.49. The molecule has 4 aliphatic rings. The molecule has 4 fully saturated rings. The largest absolute Gasteiger partial charge is 0.481 e. The summed E-state index contributed by atoms with van der Waals surface area (Å²) in [5.74, 6) is -2.85. The Morgan fingerprint density at radius 2 is 2.03 bits per heavy atom. The van der Waals surface area contributed by atoms with E-state index >= 15 is 0 Å². The van der Waals surface area contributed by atoms with E-state index in [2.05, 4.69) is 27.4 Å². The van der Waals surface area contributed by atoms with Gasteiger partial charge < -0.3 is 24.7 Å². The zero-order chi connectivity index (χ0) is 24.5. The fourth-order valence-corrected chi connectivity index (χ4v) is 9.63. The number of hydrogen-bond acceptors (Lipinski definition) is 7. The molecule has 2 amide bonds. The van der Waals surface area contributed by atoms with Crippen molar-refractivity contribution in [1.82, 2.24) is 14.7 Å². The molecule has 0 aliphatic carbocycles. The highest BCUT2D eigenvalue weighted by atomic mass is 79.9. The molecule has 190 valence electrons. The minimum atomic E-state index is -0.972. The number of carboxylic acid groups (broad SMARTS) is 1. The molecule has 9 nitrogen and oxygen atoms in total. The Morgan fingerprint density at radius 3 is 2.68 bits per heavy atom. The molecule has 0 aromatic carbocycles. The summed E-state index contributed by atoms with van der Waals surface area (Å²) in [6.45, 7) is 8.76. The molecule has 2 N–H and O–H groups in total. The number of fused-ring (bicyclic) bond motifs is 1. The van der Waals surface area contributed by atoms with Crippen molar-refractivity contribution < 1.29 is 29.3 Å². The maximum atomic E-state index is 14.1. The third kappa shape index (κ3) is 4.54. The zero-order valence-electron chi connectivity index (χ0n) is 19.3. The third-order valence-electron chi connectivity index (χ3n) is 7.57. The van der Waals surface area contributed by atoms with Crippen LogP contribution >= 0.6 is 27.7 Å². The number of halogens is 1. The number of alkyl halides is 1. The van der Waals surface area contributed by atoms with Crippen LogP contribution in [0, 0.1) is 11.8 Å². The number of thioether (sulfide) groups is 1. The van der Waals surface area contributed by atoms with Crippen molar-refractivity contribution in [3.05, 3.63) is 12.7 Å². The van der Waals surface area contributed by atoms with Crippen LogP contribution in [0.3, 0.4) is 0 Å². The second-order valence-corrected chi connectivity index (χ2v) is 12.2. The molecule has 4 aliphatic heterocycles. The predicted molar refractivity (Wildman–Crippen MR) is 132 cm³/mol. The minimum absolute atomic E-state index is 0.00933. The maximum Gasteiger partial charge on any atom is 0.308 e. The average molecular weight is 561 g/mol. The Balaban J connectivity index is 1.62. The van der Waals surface area contributed by atoms with E-state index < -0.39 is 28.6 Å². The van der Waals surface area contributed by atoms with Crippen LogP contribution in [-0.4, -0.2) is 123 Å². The summed E-state index contributed by atoms with van der Waals surface area (Å²) in [5, 5.41) is 19.0. The van der Waals surface area contributed by atoms with Gasteiger partial charge in [-0.25, -0.2) is 0 Å². The van der Waals surface area contributed by atoms with Gasteiger partial charge in [-0.2, -0.15) is 0 Å². The van der Waals surface area contributed by atoms with Gasteiger partial charge >= 0.3 is 5.97 Å². The van der Waals surface area contributed by atoms with Crippen molar-refractivity contribution >= 4 is 45.5 Å². The highest BCUT2D eigenvalue weighted by molar-refractivity contribution is 9.09. The van der Waals surface area contributed by atoms with Crippen LogP contribution in [-0.2, 0) is 19.1 Å². The molecular weight excluding hydrogens is 526 g/mol. The quantitative estimate of drug-likeness (QED) is 0.216. The van der Waals surface area contributed by atoms with Crippen molar-refractivity contribution in [2.45, 2.75) is 40.1 Å². The molecule has 4 rings (SSSR count). The smallest absolute Gasteiger partial charge is 0.308 e. The Hall–Kier alpha value is -1.14. The summed E-state index contributed by atoms with van der Waals surface area (Å²) < 4.78 is 4.66. The van der Waals surface area contributed by atoms with Gasteiger partial charge in [0, 0.05) is 56.0 Å². The SMILES string of the molecule is C=CCN(CCN1CCOCC1)C(=O)C1N(CCCCO)C(=O)[C@@H]2[C@@H](C(=O)O)[C@@H]3SC12CC3Br. The highest BCUT2D eigenvalue weighted by Crippen LogP contribution is 2.67. The number of ether oxygens (including phenoxy) is 1. The van der Waals surface area contributed by atoms with E-state index in [9.17, 15) is 24.6 Å². The van der Waals surface area contributed by atoms with Crippen molar-refractivity contribution in [3.63, 3.8) is 0 Å². The summed E-state index contributed by atoms with van der Waals surface area (Å²) in [7, 11) is 0. The van der Waals surface area contributed by atoms with E-state index in [1.54, 1.807) is 15.9 Å². The van der Waals surface area contributed by atoms with Crippen molar-refractivity contribution in [2.75, 3.05) is 59.1 Å². The van der Waals surface area contributed by atoms with Crippen LogP contribution in [0.1, 0.15) is 19.3 Å². The fourth-order valence-electron chi connectivity index (χ4n) is 6.03. The molecule has 2 bridgehead atoms. The molecular formula is C23H34BrN3O6S. The molecule has 0 aromatic heterocycles. The Kier molecular flexibility index (Phi) is 8.28. The number of unbranched alkanes of at least 4 members (excludes halogenated alkanes) is 1. The van der Waals surface area contributed by atoms with Gasteiger partial charge in [0.25, 0.3) is 0 Å². The molecule has 4 saturated heterocycles. The summed E-state index contributed by atoms with van der Waals surface area (Å²) in [5.41, 5.74) is 0.